The number of piperazine rings is 1. The SMILES string of the molecule is CCOc1cc(/C=N/N2CCN(/N=C/c3ccc(O)c(OCC)c3)CC2)ccc1O. The number of hydrazone groups is 2. The highest BCUT2D eigenvalue weighted by Crippen LogP contribution is 2.27. The van der Waals surface area contributed by atoms with Gasteiger partial charge < -0.3 is 19.7 Å². The van der Waals surface area contributed by atoms with Gasteiger partial charge in [0.25, 0.3) is 0 Å². The summed E-state index contributed by atoms with van der Waals surface area (Å²) in [4.78, 5) is 0. The highest BCUT2D eigenvalue weighted by Gasteiger charge is 2.13. The van der Waals surface area contributed by atoms with E-state index in [1.54, 1.807) is 48.8 Å². The lowest BCUT2D eigenvalue weighted by molar-refractivity contribution is 0.141. The maximum atomic E-state index is 9.78. The summed E-state index contributed by atoms with van der Waals surface area (Å²) < 4.78 is 10.8. The van der Waals surface area contributed by atoms with E-state index in [9.17, 15) is 10.2 Å². The van der Waals surface area contributed by atoms with Crippen LogP contribution in [-0.2, 0) is 0 Å². The van der Waals surface area contributed by atoms with E-state index in [1.165, 1.54) is 0 Å². The van der Waals surface area contributed by atoms with Gasteiger partial charge in [-0.3, -0.25) is 10.0 Å². The van der Waals surface area contributed by atoms with Crippen molar-refractivity contribution in [2.24, 2.45) is 10.2 Å². The van der Waals surface area contributed by atoms with Gasteiger partial charge in [0.15, 0.2) is 23.0 Å². The minimum atomic E-state index is 0.127. The fraction of sp³-hybridized carbons (Fsp3) is 0.364. The molecular weight excluding hydrogens is 384 g/mol. The van der Waals surface area contributed by atoms with Gasteiger partial charge in [0.05, 0.1) is 51.8 Å². The van der Waals surface area contributed by atoms with Crippen molar-refractivity contribution in [3.05, 3.63) is 47.5 Å². The summed E-state index contributed by atoms with van der Waals surface area (Å²) in [6, 6.07) is 10.4. The molecule has 8 nitrogen and oxygen atoms in total. The van der Waals surface area contributed by atoms with Crippen LogP contribution >= 0.6 is 0 Å². The van der Waals surface area contributed by atoms with E-state index < -0.39 is 0 Å². The van der Waals surface area contributed by atoms with Crippen LogP contribution in [0.15, 0.2) is 46.6 Å². The molecule has 0 atom stereocenters. The second-order valence-electron chi connectivity index (χ2n) is 6.72. The molecule has 1 aliphatic heterocycles. The molecule has 2 aromatic rings. The molecule has 0 spiro atoms. The van der Waals surface area contributed by atoms with Gasteiger partial charge in [0.2, 0.25) is 0 Å². The Morgan fingerprint density at radius 2 is 1.17 bits per heavy atom. The van der Waals surface area contributed by atoms with Crippen molar-refractivity contribution in [3.8, 4) is 23.0 Å². The van der Waals surface area contributed by atoms with Crippen molar-refractivity contribution in [2.75, 3.05) is 39.4 Å². The molecule has 8 heteroatoms. The molecule has 0 saturated carbocycles. The molecule has 2 aromatic carbocycles. The van der Waals surface area contributed by atoms with E-state index in [2.05, 4.69) is 10.2 Å². The quantitative estimate of drug-likeness (QED) is 0.648. The molecule has 1 saturated heterocycles. The summed E-state index contributed by atoms with van der Waals surface area (Å²) in [5.41, 5.74) is 1.74. The normalized spacial score (nSPS) is 14.6. The lowest BCUT2D eigenvalue weighted by Gasteiger charge is -2.31. The first-order chi connectivity index (χ1) is 14.6. The number of phenolic OH excluding ortho intramolecular Hbond substituents is 2. The molecule has 2 N–H and O–H groups in total. The smallest absolute Gasteiger partial charge is 0.161 e. The lowest BCUT2D eigenvalue weighted by atomic mass is 10.2. The minimum Gasteiger partial charge on any atom is -0.504 e. The largest absolute Gasteiger partial charge is 0.504 e. The van der Waals surface area contributed by atoms with Crippen LogP contribution in [0.4, 0.5) is 0 Å². The Morgan fingerprint density at radius 3 is 1.53 bits per heavy atom. The number of rotatable bonds is 8. The zero-order valence-corrected chi connectivity index (χ0v) is 17.4. The van der Waals surface area contributed by atoms with Crippen molar-refractivity contribution in [1.82, 2.24) is 10.0 Å². The predicted molar refractivity (Wildman–Crippen MR) is 117 cm³/mol. The van der Waals surface area contributed by atoms with E-state index in [-0.39, 0.29) is 11.5 Å². The van der Waals surface area contributed by atoms with Crippen LogP contribution in [0, 0.1) is 0 Å². The summed E-state index contributed by atoms with van der Waals surface area (Å²) in [5.74, 6) is 1.18. The number of phenols is 2. The second-order valence-corrected chi connectivity index (χ2v) is 6.72. The molecular formula is C22H28N4O4. The number of aromatic hydroxyl groups is 2. The molecule has 3 rings (SSSR count). The summed E-state index contributed by atoms with van der Waals surface area (Å²) >= 11 is 0. The van der Waals surface area contributed by atoms with E-state index >= 15 is 0 Å². The van der Waals surface area contributed by atoms with Crippen LogP contribution in [0.5, 0.6) is 23.0 Å². The first kappa shape index (κ1) is 21.3. The first-order valence-corrected chi connectivity index (χ1v) is 10.1. The summed E-state index contributed by atoms with van der Waals surface area (Å²) in [7, 11) is 0. The van der Waals surface area contributed by atoms with Crippen LogP contribution in [0.2, 0.25) is 0 Å². The first-order valence-electron chi connectivity index (χ1n) is 10.1. The average Bonchev–Trinajstić information content (AvgIpc) is 2.76. The second kappa shape index (κ2) is 10.4. The van der Waals surface area contributed by atoms with Crippen molar-refractivity contribution in [1.29, 1.82) is 0 Å². The van der Waals surface area contributed by atoms with Crippen molar-refractivity contribution in [2.45, 2.75) is 13.8 Å². The topological polar surface area (TPSA) is 90.1 Å². The molecule has 160 valence electrons. The van der Waals surface area contributed by atoms with Crippen LogP contribution in [-0.4, -0.2) is 72.1 Å². The van der Waals surface area contributed by atoms with Gasteiger partial charge in [-0.15, -0.1) is 0 Å². The van der Waals surface area contributed by atoms with Crippen molar-refractivity contribution >= 4 is 12.4 Å². The van der Waals surface area contributed by atoms with E-state index in [1.807, 2.05) is 23.9 Å². The van der Waals surface area contributed by atoms with Crippen LogP contribution in [0.1, 0.15) is 25.0 Å². The fourth-order valence-corrected chi connectivity index (χ4v) is 2.98. The average molecular weight is 412 g/mol. The van der Waals surface area contributed by atoms with Gasteiger partial charge in [-0.05, 0) is 61.4 Å². The Labute approximate surface area is 176 Å². The monoisotopic (exact) mass is 412 g/mol. The Balaban J connectivity index is 1.52. The third kappa shape index (κ3) is 5.79. The van der Waals surface area contributed by atoms with Crippen LogP contribution in [0.25, 0.3) is 0 Å². The maximum absolute atomic E-state index is 9.78. The van der Waals surface area contributed by atoms with Crippen LogP contribution < -0.4 is 9.47 Å². The van der Waals surface area contributed by atoms with Gasteiger partial charge in [-0.2, -0.15) is 10.2 Å². The molecule has 1 fully saturated rings. The number of benzene rings is 2. The van der Waals surface area contributed by atoms with Gasteiger partial charge in [0, 0.05) is 0 Å². The maximum Gasteiger partial charge on any atom is 0.161 e. The molecule has 0 radical (unpaired) electrons. The fourth-order valence-electron chi connectivity index (χ4n) is 2.98. The van der Waals surface area contributed by atoms with Crippen molar-refractivity contribution in [3.63, 3.8) is 0 Å². The minimum absolute atomic E-state index is 0.127. The Hall–Kier alpha value is -3.42. The molecule has 1 aliphatic rings. The summed E-state index contributed by atoms with van der Waals surface area (Å²) in [6.07, 6.45) is 3.54. The third-order valence-corrected chi connectivity index (χ3v) is 4.54. The lowest BCUT2D eigenvalue weighted by Crippen LogP contribution is -2.41. The zero-order chi connectivity index (χ0) is 21.3. The summed E-state index contributed by atoms with van der Waals surface area (Å²) in [6.45, 7) is 7.76. The standard InChI is InChI=1S/C22H28N4O4/c1-3-29-21-13-17(5-7-19(21)27)15-23-25-9-11-26(12-10-25)24-16-18-6-8-20(28)22(14-18)30-4-2/h5-8,13-16,27-28H,3-4,9-12H2,1-2H3/b23-15+,24-16+. The Bertz CT molecular complexity index is 819. The molecule has 1 heterocycles. The number of ether oxygens (including phenoxy) is 2. The van der Waals surface area contributed by atoms with Crippen LogP contribution in [0.3, 0.4) is 0 Å². The third-order valence-electron chi connectivity index (χ3n) is 4.54. The highest BCUT2D eigenvalue weighted by molar-refractivity contribution is 5.81. The number of hydrogen-bond acceptors (Lipinski definition) is 8. The number of nitrogens with zero attached hydrogens (tertiary/aromatic N) is 4. The van der Waals surface area contributed by atoms with Gasteiger partial charge in [-0.1, -0.05) is 0 Å². The Morgan fingerprint density at radius 1 is 0.767 bits per heavy atom. The molecule has 30 heavy (non-hydrogen) atoms. The molecule has 0 aliphatic carbocycles. The zero-order valence-electron chi connectivity index (χ0n) is 17.4. The Kier molecular flexibility index (Phi) is 7.37. The van der Waals surface area contributed by atoms with Gasteiger partial charge in [0.1, 0.15) is 0 Å². The number of hydrogen-bond donors (Lipinski definition) is 2. The van der Waals surface area contributed by atoms with Gasteiger partial charge in [-0.25, -0.2) is 0 Å². The predicted octanol–water partition coefficient (Wildman–Crippen LogP) is 2.88. The molecule has 0 aromatic heterocycles. The summed E-state index contributed by atoms with van der Waals surface area (Å²) in [5, 5.41) is 32.6. The molecule has 0 amide bonds. The molecule has 0 bridgehead atoms. The van der Waals surface area contributed by atoms with Crippen molar-refractivity contribution < 1.29 is 19.7 Å². The van der Waals surface area contributed by atoms with Gasteiger partial charge >= 0.3 is 0 Å². The van der Waals surface area contributed by atoms with E-state index in [0.29, 0.717) is 24.7 Å². The highest BCUT2D eigenvalue weighted by atomic mass is 16.5. The van der Waals surface area contributed by atoms with E-state index in [0.717, 1.165) is 37.3 Å². The molecule has 0 unspecified atom stereocenters. The van der Waals surface area contributed by atoms with E-state index in [4.69, 9.17) is 9.47 Å².